The molecular weight excluding hydrogens is 454 g/mol. The van der Waals surface area contributed by atoms with E-state index in [1.807, 2.05) is 0 Å². The van der Waals surface area contributed by atoms with E-state index in [-0.39, 0.29) is 28.6 Å². The van der Waals surface area contributed by atoms with Crippen molar-refractivity contribution in [3.63, 3.8) is 0 Å². The molecule has 0 fully saturated rings. The Morgan fingerprint density at radius 3 is 2.48 bits per heavy atom. The number of aromatic hydroxyl groups is 1. The van der Waals surface area contributed by atoms with Crippen molar-refractivity contribution in [2.24, 2.45) is 0 Å². The molecule has 1 aromatic heterocycles. The first kappa shape index (κ1) is 23.0. The Bertz CT molecular complexity index is 1310. The van der Waals surface area contributed by atoms with E-state index in [0.717, 1.165) is 18.2 Å². The van der Waals surface area contributed by atoms with Gasteiger partial charge in [-0.25, -0.2) is 8.78 Å². The van der Waals surface area contributed by atoms with Gasteiger partial charge < -0.3 is 20.5 Å². The lowest BCUT2D eigenvalue weighted by Gasteiger charge is -2.46. The molecule has 2 aromatic carbocycles. The fourth-order valence-electron chi connectivity index (χ4n) is 4.49. The number of hydrogen-bond donors (Lipinski definition) is 4. The molecule has 5 nitrogen and oxygen atoms in total. The van der Waals surface area contributed by atoms with Gasteiger partial charge in [0.05, 0.1) is 11.6 Å². The third-order valence-corrected chi connectivity index (χ3v) is 6.15. The predicted octanol–water partition coefficient (Wildman–Crippen LogP) is 4.99. The summed E-state index contributed by atoms with van der Waals surface area (Å²) in [5.74, 6) is -6.29. The monoisotopic (exact) mass is 472 g/mol. The molecule has 1 unspecified atom stereocenters. The van der Waals surface area contributed by atoms with Crippen molar-refractivity contribution in [1.82, 2.24) is 4.98 Å². The van der Waals surface area contributed by atoms with E-state index in [1.165, 1.54) is 13.0 Å². The van der Waals surface area contributed by atoms with Crippen molar-refractivity contribution in [3.05, 3.63) is 69.3 Å². The number of aromatic nitrogens is 1. The van der Waals surface area contributed by atoms with Gasteiger partial charge in [0.25, 0.3) is 0 Å². The van der Waals surface area contributed by atoms with Crippen LogP contribution in [0, 0.1) is 17.5 Å². The number of phenols is 1. The minimum Gasteiger partial charge on any atom is -0.505 e. The SMILES string of the molecule is CC[C@@H]1C[C@](O)(C(F)(F)F)C(Nc2ccc(F)c3[nH]c(=O)ccc23)c2cc(F)c(F)c(O)c21. The number of hydrogen-bond acceptors (Lipinski definition) is 4. The van der Waals surface area contributed by atoms with Crippen LogP contribution in [0.15, 0.2) is 35.1 Å². The van der Waals surface area contributed by atoms with Crippen molar-refractivity contribution in [2.75, 3.05) is 5.32 Å². The van der Waals surface area contributed by atoms with Crippen LogP contribution in [-0.2, 0) is 0 Å². The largest absolute Gasteiger partial charge is 0.505 e. The number of alkyl halides is 3. The van der Waals surface area contributed by atoms with Crippen LogP contribution in [0.4, 0.5) is 32.0 Å². The van der Waals surface area contributed by atoms with Crippen LogP contribution in [0.25, 0.3) is 10.9 Å². The van der Waals surface area contributed by atoms with Crippen molar-refractivity contribution < 1.29 is 36.6 Å². The zero-order valence-corrected chi connectivity index (χ0v) is 17.0. The Kier molecular flexibility index (Phi) is 5.35. The number of benzene rings is 2. The van der Waals surface area contributed by atoms with E-state index in [0.29, 0.717) is 6.07 Å². The molecule has 4 rings (SSSR count). The summed E-state index contributed by atoms with van der Waals surface area (Å²) in [5, 5.41) is 23.6. The van der Waals surface area contributed by atoms with Crippen LogP contribution in [0.2, 0.25) is 0 Å². The summed E-state index contributed by atoms with van der Waals surface area (Å²) in [4.78, 5) is 13.8. The molecule has 0 amide bonds. The molecule has 0 saturated heterocycles. The summed E-state index contributed by atoms with van der Waals surface area (Å²) >= 11 is 0. The van der Waals surface area contributed by atoms with Gasteiger partial charge in [0.15, 0.2) is 17.2 Å². The van der Waals surface area contributed by atoms with Gasteiger partial charge in [0, 0.05) is 22.7 Å². The number of aromatic amines is 1. The third-order valence-electron chi connectivity index (χ3n) is 6.15. The Balaban J connectivity index is 1.98. The van der Waals surface area contributed by atoms with Crippen molar-refractivity contribution in [3.8, 4) is 5.75 Å². The van der Waals surface area contributed by atoms with Gasteiger partial charge in [0.1, 0.15) is 5.82 Å². The maximum atomic E-state index is 14.2. The van der Waals surface area contributed by atoms with Crippen LogP contribution in [0.5, 0.6) is 5.75 Å². The highest BCUT2D eigenvalue weighted by Crippen LogP contribution is 2.55. The zero-order chi connectivity index (χ0) is 24.3. The van der Waals surface area contributed by atoms with Crippen molar-refractivity contribution >= 4 is 16.6 Å². The van der Waals surface area contributed by atoms with Crippen LogP contribution in [-0.4, -0.2) is 27.0 Å². The molecule has 0 saturated carbocycles. The second-order valence-electron chi connectivity index (χ2n) is 8.04. The first-order valence-electron chi connectivity index (χ1n) is 9.97. The molecule has 0 spiro atoms. The normalized spacial score (nSPS) is 22.9. The number of nitrogens with one attached hydrogen (secondary N) is 2. The molecule has 1 aliphatic carbocycles. The lowest BCUT2D eigenvalue weighted by molar-refractivity contribution is -0.272. The summed E-state index contributed by atoms with van der Waals surface area (Å²) in [6.07, 6.45) is -6.15. The molecule has 4 N–H and O–H groups in total. The number of H-pyrrole nitrogens is 1. The highest BCUT2D eigenvalue weighted by Gasteiger charge is 2.62. The molecule has 3 aromatic rings. The van der Waals surface area contributed by atoms with E-state index in [2.05, 4.69) is 10.3 Å². The predicted molar refractivity (Wildman–Crippen MR) is 108 cm³/mol. The van der Waals surface area contributed by atoms with Gasteiger partial charge in [-0.05, 0) is 48.6 Å². The smallest absolute Gasteiger partial charge is 0.419 e. The van der Waals surface area contributed by atoms with Gasteiger partial charge in [0.2, 0.25) is 11.4 Å². The van der Waals surface area contributed by atoms with E-state index < -0.39 is 64.5 Å². The summed E-state index contributed by atoms with van der Waals surface area (Å²) in [7, 11) is 0. The average molecular weight is 472 g/mol. The number of fused-ring (bicyclic) bond motifs is 2. The molecule has 0 bridgehead atoms. The Morgan fingerprint density at radius 1 is 1.15 bits per heavy atom. The van der Waals surface area contributed by atoms with E-state index in [4.69, 9.17) is 0 Å². The Labute approximate surface area is 182 Å². The zero-order valence-electron chi connectivity index (χ0n) is 17.0. The first-order valence-corrected chi connectivity index (χ1v) is 9.97. The quantitative estimate of drug-likeness (QED) is 0.405. The van der Waals surface area contributed by atoms with Gasteiger partial charge >= 0.3 is 6.18 Å². The second-order valence-corrected chi connectivity index (χ2v) is 8.04. The lowest BCUT2D eigenvalue weighted by Crippen LogP contribution is -2.55. The lowest BCUT2D eigenvalue weighted by atomic mass is 9.69. The van der Waals surface area contributed by atoms with Gasteiger partial charge in [-0.3, -0.25) is 4.79 Å². The van der Waals surface area contributed by atoms with Crippen LogP contribution in [0.1, 0.15) is 42.9 Å². The number of halogens is 6. The number of phenolic OH excluding ortho intramolecular Hbond substituents is 1. The molecule has 176 valence electrons. The Morgan fingerprint density at radius 2 is 1.85 bits per heavy atom. The second kappa shape index (κ2) is 7.68. The molecule has 11 heteroatoms. The maximum absolute atomic E-state index is 14.2. The number of pyridine rings is 1. The van der Waals surface area contributed by atoms with Gasteiger partial charge in [-0.2, -0.15) is 17.6 Å². The highest BCUT2D eigenvalue weighted by atomic mass is 19.4. The molecule has 3 atom stereocenters. The van der Waals surface area contributed by atoms with Crippen molar-refractivity contribution in [2.45, 2.75) is 43.5 Å². The number of anilines is 1. The average Bonchev–Trinajstić information content (AvgIpc) is 2.74. The third kappa shape index (κ3) is 3.50. The summed E-state index contributed by atoms with van der Waals surface area (Å²) in [5.41, 5.74) is -5.23. The fraction of sp³-hybridized carbons (Fsp3) is 0.318. The number of rotatable bonds is 3. The van der Waals surface area contributed by atoms with Crippen LogP contribution < -0.4 is 10.9 Å². The molecule has 0 aliphatic heterocycles. The number of aliphatic hydroxyl groups is 1. The van der Waals surface area contributed by atoms with Crippen molar-refractivity contribution in [1.29, 1.82) is 0 Å². The maximum Gasteiger partial charge on any atom is 0.419 e. The van der Waals surface area contributed by atoms with Crippen LogP contribution in [0.3, 0.4) is 0 Å². The Hall–Kier alpha value is -3.21. The highest BCUT2D eigenvalue weighted by molar-refractivity contribution is 5.91. The summed E-state index contributed by atoms with van der Waals surface area (Å²) < 4.78 is 85.0. The molecule has 33 heavy (non-hydrogen) atoms. The fourth-order valence-corrected chi connectivity index (χ4v) is 4.49. The minimum absolute atomic E-state index is 0.00252. The summed E-state index contributed by atoms with van der Waals surface area (Å²) in [6, 6.07) is 2.62. The topological polar surface area (TPSA) is 85.4 Å². The van der Waals surface area contributed by atoms with E-state index >= 15 is 0 Å². The van der Waals surface area contributed by atoms with E-state index in [9.17, 15) is 41.4 Å². The molecular formula is C22H18F6N2O3. The first-order chi connectivity index (χ1) is 15.4. The molecule has 1 heterocycles. The minimum atomic E-state index is -5.21. The van der Waals surface area contributed by atoms with E-state index in [1.54, 1.807) is 0 Å². The van der Waals surface area contributed by atoms with Crippen LogP contribution >= 0.6 is 0 Å². The van der Waals surface area contributed by atoms with Gasteiger partial charge in [-0.1, -0.05) is 6.92 Å². The summed E-state index contributed by atoms with van der Waals surface area (Å²) in [6.45, 7) is 1.49. The molecule has 1 aliphatic rings. The van der Waals surface area contributed by atoms with Gasteiger partial charge in [-0.15, -0.1) is 0 Å². The molecule has 0 radical (unpaired) electrons. The standard InChI is InChI=1S/C22H18F6N2O3/c1-2-9-8-21(33,22(26,27)28)20(11-7-13(24)17(25)19(32)16(9)11)29-14-5-4-12(23)18-10(14)3-6-15(31)30-18/h3-7,9,20,29,32-33H,2,8H2,1H3,(H,30,31)/t9-,20?,21-/m1/s1.